The summed E-state index contributed by atoms with van der Waals surface area (Å²) < 4.78 is 15.9. The number of aromatic nitrogens is 2. The Hall–Kier alpha value is -2.43. The standard InChI is InChI=1S/C19H12ClFN2S/c20-14-9-7-13(8-10-14)15-12-22-23(17-5-2-1-4-16(17)21)19(15)18-6-3-11-24-18/h1-12H. The van der Waals surface area contributed by atoms with E-state index < -0.39 is 0 Å². The zero-order chi connectivity index (χ0) is 16.5. The minimum Gasteiger partial charge on any atom is -0.229 e. The molecule has 0 saturated heterocycles. The van der Waals surface area contributed by atoms with Crippen molar-refractivity contribution < 1.29 is 4.39 Å². The van der Waals surface area contributed by atoms with Gasteiger partial charge in [-0.2, -0.15) is 5.10 Å². The van der Waals surface area contributed by atoms with Crippen molar-refractivity contribution >= 4 is 22.9 Å². The smallest absolute Gasteiger partial charge is 0.148 e. The molecule has 2 aromatic carbocycles. The molecule has 0 radical (unpaired) electrons. The first-order valence-corrected chi connectivity index (χ1v) is 8.62. The average molecular weight is 355 g/mol. The Morgan fingerprint density at radius 3 is 2.46 bits per heavy atom. The molecule has 0 spiro atoms. The van der Waals surface area contributed by atoms with E-state index in [4.69, 9.17) is 11.6 Å². The van der Waals surface area contributed by atoms with Crippen molar-refractivity contribution in [3.8, 4) is 27.4 Å². The Bertz CT molecular complexity index is 975. The van der Waals surface area contributed by atoms with Gasteiger partial charge in [0.2, 0.25) is 0 Å². The average Bonchev–Trinajstić information content (AvgIpc) is 3.25. The van der Waals surface area contributed by atoms with E-state index in [1.54, 1.807) is 40.4 Å². The number of thiophene rings is 1. The number of para-hydroxylation sites is 1. The maximum absolute atomic E-state index is 14.3. The van der Waals surface area contributed by atoms with Gasteiger partial charge in [0.1, 0.15) is 11.5 Å². The molecule has 0 N–H and O–H groups in total. The SMILES string of the molecule is Fc1ccccc1-n1ncc(-c2ccc(Cl)cc2)c1-c1cccs1. The van der Waals surface area contributed by atoms with Gasteiger partial charge in [-0.3, -0.25) is 0 Å². The van der Waals surface area contributed by atoms with Crippen molar-refractivity contribution in [1.29, 1.82) is 0 Å². The molecule has 0 aliphatic rings. The van der Waals surface area contributed by atoms with Crippen molar-refractivity contribution in [3.05, 3.63) is 83.1 Å². The lowest BCUT2D eigenvalue weighted by Crippen LogP contribution is -2.01. The molecule has 0 unspecified atom stereocenters. The summed E-state index contributed by atoms with van der Waals surface area (Å²) in [5.74, 6) is -0.305. The first-order valence-electron chi connectivity index (χ1n) is 7.37. The van der Waals surface area contributed by atoms with Crippen molar-refractivity contribution in [1.82, 2.24) is 9.78 Å². The molecular weight excluding hydrogens is 343 g/mol. The monoisotopic (exact) mass is 354 g/mol. The van der Waals surface area contributed by atoms with Crippen LogP contribution in [0.5, 0.6) is 0 Å². The van der Waals surface area contributed by atoms with E-state index in [1.807, 2.05) is 41.8 Å². The second kappa shape index (κ2) is 6.23. The van der Waals surface area contributed by atoms with Crippen LogP contribution in [-0.4, -0.2) is 9.78 Å². The van der Waals surface area contributed by atoms with Crippen LogP contribution in [0.25, 0.3) is 27.4 Å². The first kappa shape index (κ1) is 15.1. The number of halogens is 2. The predicted molar refractivity (Wildman–Crippen MR) is 97.3 cm³/mol. The Morgan fingerprint density at radius 2 is 1.75 bits per heavy atom. The quantitative estimate of drug-likeness (QED) is 0.437. The van der Waals surface area contributed by atoms with Gasteiger partial charge in [-0.05, 0) is 41.3 Å². The molecule has 0 fully saturated rings. The van der Waals surface area contributed by atoms with Crippen molar-refractivity contribution in [2.24, 2.45) is 0 Å². The Morgan fingerprint density at radius 1 is 0.958 bits per heavy atom. The molecule has 5 heteroatoms. The molecule has 24 heavy (non-hydrogen) atoms. The van der Waals surface area contributed by atoms with Gasteiger partial charge in [-0.15, -0.1) is 11.3 Å². The van der Waals surface area contributed by atoms with E-state index in [0.29, 0.717) is 10.7 Å². The van der Waals surface area contributed by atoms with Crippen LogP contribution in [0.15, 0.2) is 72.2 Å². The highest BCUT2D eigenvalue weighted by molar-refractivity contribution is 7.13. The van der Waals surface area contributed by atoms with E-state index in [2.05, 4.69) is 5.10 Å². The number of hydrogen-bond donors (Lipinski definition) is 0. The first-order chi connectivity index (χ1) is 11.7. The Balaban J connectivity index is 1.96. The summed E-state index contributed by atoms with van der Waals surface area (Å²) in [5, 5.41) is 7.13. The van der Waals surface area contributed by atoms with E-state index in [9.17, 15) is 4.39 Å². The topological polar surface area (TPSA) is 17.8 Å². The summed E-state index contributed by atoms with van der Waals surface area (Å²) in [4.78, 5) is 1.03. The largest absolute Gasteiger partial charge is 0.229 e. The highest BCUT2D eigenvalue weighted by Crippen LogP contribution is 2.36. The predicted octanol–water partition coefficient (Wildman–Crippen LogP) is 6.06. The second-order valence-electron chi connectivity index (χ2n) is 5.25. The molecule has 0 aliphatic carbocycles. The number of hydrogen-bond acceptors (Lipinski definition) is 2. The van der Waals surface area contributed by atoms with Crippen LogP contribution in [0.2, 0.25) is 5.02 Å². The molecular formula is C19H12ClFN2S. The van der Waals surface area contributed by atoms with Gasteiger partial charge in [0, 0.05) is 10.6 Å². The minimum atomic E-state index is -0.305. The molecule has 2 aromatic heterocycles. The Kier molecular flexibility index (Phi) is 3.92. The van der Waals surface area contributed by atoms with Gasteiger partial charge in [-0.1, -0.05) is 41.9 Å². The summed E-state index contributed by atoms with van der Waals surface area (Å²) in [6.45, 7) is 0. The van der Waals surface area contributed by atoms with Crippen molar-refractivity contribution in [2.75, 3.05) is 0 Å². The molecule has 0 bridgehead atoms. The Labute approximate surface area is 147 Å². The van der Waals surface area contributed by atoms with Gasteiger partial charge in [0.05, 0.1) is 16.8 Å². The maximum atomic E-state index is 14.3. The van der Waals surface area contributed by atoms with Crippen LogP contribution in [0.4, 0.5) is 4.39 Å². The summed E-state index contributed by atoms with van der Waals surface area (Å²) in [6.07, 6.45) is 1.77. The van der Waals surface area contributed by atoms with Crippen LogP contribution in [0.1, 0.15) is 0 Å². The number of benzene rings is 2. The molecule has 0 aliphatic heterocycles. The fourth-order valence-electron chi connectivity index (χ4n) is 2.65. The molecule has 0 atom stereocenters. The highest BCUT2D eigenvalue weighted by Gasteiger charge is 2.18. The minimum absolute atomic E-state index is 0.305. The molecule has 0 amide bonds. The third-order valence-corrected chi connectivity index (χ3v) is 4.89. The summed E-state index contributed by atoms with van der Waals surface area (Å²) in [7, 11) is 0. The van der Waals surface area contributed by atoms with Crippen LogP contribution >= 0.6 is 22.9 Å². The highest BCUT2D eigenvalue weighted by atomic mass is 35.5. The van der Waals surface area contributed by atoms with Crippen LogP contribution in [0.3, 0.4) is 0 Å². The third kappa shape index (κ3) is 2.64. The second-order valence-corrected chi connectivity index (χ2v) is 6.64. The van der Waals surface area contributed by atoms with Crippen molar-refractivity contribution in [2.45, 2.75) is 0 Å². The van der Waals surface area contributed by atoms with Gasteiger partial charge < -0.3 is 0 Å². The van der Waals surface area contributed by atoms with E-state index in [0.717, 1.165) is 21.7 Å². The molecule has 4 rings (SSSR count). The zero-order valence-corrected chi connectivity index (χ0v) is 14.1. The molecule has 2 nitrogen and oxygen atoms in total. The third-order valence-electron chi connectivity index (χ3n) is 3.76. The summed E-state index contributed by atoms with van der Waals surface area (Å²) in [5.41, 5.74) is 3.24. The summed E-state index contributed by atoms with van der Waals surface area (Å²) >= 11 is 7.59. The van der Waals surface area contributed by atoms with Gasteiger partial charge in [-0.25, -0.2) is 9.07 Å². The van der Waals surface area contributed by atoms with Crippen LogP contribution < -0.4 is 0 Å². The zero-order valence-electron chi connectivity index (χ0n) is 12.5. The van der Waals surface area contributed by atoms with Crippen molar-refractivity contribution in [3.63, 3.8) is 0 Å². The van der Waals surface area contributed by atoms with Crippen LogP contribution in [0, 0.1) is 5.82 Å². The fourth-order valence-corrected chi connectivity index (χ4v) is 3.54. The molecule has 118 valence electrons. The lowest BCUT2D eigenvalue weighted by atomic mass is 10.1. The van der Waals surface area contributed by atoms with Gasteiger partial charge in [0.15, 0.2) is 0 Å². The lowest BCUT2D eigenvalue weighted by Gasteiger charge is -2.09. The van der Waals surface area contributed by atoms with E-state index in [1.165, 1.54) is 6.07 Å². The van der Waals surface area contributed by atoms with E-state index >= 15 is 0 Å². The molecule has 4 aromatic rings. The lowest BCUT2D eigenvalue weighted by molar-refractivity contribution is 0.612. The summed E-state index contributed by atoms with van der Waals surface area (Å²) in [6, 6.07) is 18.2. The number of rotatable bonds is 3. The fraction of sp³-hybridized carbons (Fsp3) is 0. The molecule has 0 saturated carbocycles. The number of nitrogens with zero attached hydrogens (tertiary/aromatic N) is 2. The van der Waals surface area contributed by atoms with Crippen LogP contribution in [-0.2, 0) is 0 Å². The van der Waals surface area contributed by atoms with Gasteiger partial charge >= 0.3 is 0 Å². The van der Waals surface area contributed by atoms with Gasteiger partial charge in [0.25, 0.3) is 0 Å². The molecule has 2 heterocycles. The maximum Gasteiger partial charge on any atom is 0.148 e. The normalized spacial score (nSPS) is 10.9. The van der Waals surface area contributed by atoms with E-state index in [-0.39, 0.29) is 5.82 Å².